The maximum Gasteiger partial charge on any atom is 0.241 e. The van der Waals surface area contributed by atoms with Crippen LogP contribution in [0.5, 0.6) is 0 Å². The standard InChI is InChI=1S/C20H22N4O2S/c1-2-24-17(16-11-8-14-26-16)22-23-19(24)27-20(12-6-7-13-20)18(25)21-15-9-4-3-5-10-15/h3-5,8-11,14H,2,6-7,12-13H2,1H3,(H,21,25). The second-order valence-corrected chi connectivity index (χ2v) is 8.00. The van der Waals surface area contributed by atoms with Gasteiger partial charge in [-0.25, -0.2) is 0 Å². The number of nitrogens with one attached hydrogen (secondary N) is 1. The number of anilines is 1. The first-order valence-corrected chi connectivity index (χ1v) is 10.1. The van der Waals surface area contributed by atoms with Crippen molar-refractivity contribution in [2.45, 2.75) is 49.1 Å². The van der Waals surface area contributed by atoms with Crippen molar-refractivity contribution in [2.24, 2.45) is 0 Å². The normalized spacial score (nSPS) is 15.7. The fourth-order valence-corrected chi connectivity index (χ4v) is 4.89. The van der Waals surface area contributed by atoms with Crippen LogP contribution in [-0.4, -0.2) is 25.4 Å². The quantitative estimate of drug-likeness (QED) is 0.674. The highest BCUT2D eigenvalue weighted by Crippen LogP contribution is 2.46. The Morgan fingerprint density at radius 2 is 1.96 bits per heavy atom. The lowest BCUT2D eigenvalue weighted by atomic mass is 10.1. The van der Waals surface area contributed by atoms with Crippen LogP contribution < -0.4 is 5.32 Å². The van der Waals surface area contributed by atoms with E-state index in [2.05, 4.69) is 15.5 Å². The van der Waals surface area contributed by atoms with Crippen LogP contribution in [0.4, 0.5) is 5.69 Å². The van der Waals surface area contributed by atoms with E-state index in [1.54, 1.807) is 6.26 Å². The lowest BCUT2D eigenvalue weighted by molar-refractivity contribution is -0.118. The van der Waals surface area contributed by atoms with Gasteiger partial charge in [0.15, 0.2) is 16.7 Å². The monoisotopic (exact) mass is 382 g/mol. The fraction of sp³-hybridized carbons (Fsp3) is 0.350. The van der Waals surface area contributed by atoms with Gasteiger partial charge in [0.05, 0.1) is 6.26 Å². The zero-order valence-corrected chi connectivity index (χ0v) is 16.0. The van der Waals surface area contributed by atoms with Crippen LogP contribution in [0.15, 0.2) is 58.3 Å². The summed E-state index contributed by atoms with van der Waals surface area (Å²) in [6.45, 7) is 2.76. The highest BCUT2D eigenvalue weighted by atomic mass is 32.2. The molecule has 1 amide bonds. The molecule has 1 saturated carbocycles. The number of hydrogen-bond acceptors (Lipinski definition) is 5. The van der Waals surface area contributed by atoms with E-state index in [4.69, 9.17) is 4.42 Å². The minimum atomic E-state index is -0.518. The zero-order valence-electron chi connectivity index (χ0n) is 15.2. The lowest BCUT2D eigenvalue weighted by Gasteiger charge is -2.26. The van der Waals surface area contributed by atoms with Gasteiger partial charge < -0.3 is 9.73 Å². The largest absolute Gasteiger partial charge is 0.461 e. The van der Waals surface area contributed by atoms with Gasteiger partial charge in [-0.2, -0.15) is 0 Å². The van der Waals surface area contributed by atoms with E-state index >= 15 is 0 Å². The third-order valence-electron chi connectivity index (χ3n) is 4.92. The topological polar surface area (TPSA) is 73.0 Å². The van der Waals surface area contributed by atoms with Gasteiger partial charge in [0.25, 0.3) is 0 Å². The van der Waals surface area contributed by atoms with Gasteiger partial charge in [0.1, 0.15) is 4.75 Å². The van der Waals surface area contributed by atoms with Gasteiger partial charge in [-0.1, -0.05) is 42.8 Å². The molecule has 2 heterocycles. The molecule has 0 radical (unpaired) electrons. The van der Waals surface area contributed by atoms with Crippen LogP contribution in [0, 0.1) is 0 Å². The summed E-state index contributed by atoms with van der Waals surface area (Å²) in [7, 11) is 0. The van der Waals surface area contributed by atoms with Crippen LogP contribution >= 0.6 is 11.8 Å². The van der Waals surface area contributed by atoms with Crippen LogP contribution in [0.25, 0.3) is 11.6 Å². The van der Waals surface area contributed by atoms with Gasteiger partial charge in [0.2, 0.25) is 5.91 Å². The number of nitrogens with zero attached hydrogens (tertiary/aromatic N) is 3. The van der Waals surface area contributed by atoms with Gasteiger partial charge >= 0.3 is 0 Å². The Balaban J connectivity index is 1.61. The Kier molecular flexibility index (Phi) is 5.03. The summed E-state index contributed by atoms with van der Waals surface area (Å²) >= 11 is 1.53. The first-order valence-electron chi connectivity index (χ1n) is 9.24. The van der Waals surface area contributed by atoms with Crippen LogP contribution in [0.1, 0.15) is 32.6 Å². The van der Waals surface area contributed by atoms with Gasteiger partial charge in [-0.15, -0.1) is 10.2 Å². The van der Waals surface area contributed by atoms with Crippen molar-refractivity contribution < 1.29 is 9.21 Å². The molecule has 1 fully saturated rings. The second-order valence-electron chi connectivity index (χ2n) is 6.65. The molecule has 6 nitrogen and oxygen atoms in total. The number of rotatable bonds is 6. The van der Waals surface area contributed by atoms with E-state index in [1.807, 2.05) is 54.0 Å². The number of para-hydroxylation sites is 1. The van der Waals surface area contributed by atoms with E-state index in [-0.39, 0.29) is 5.91 Å². The van der Waals surface area contributed by atoms with E-state index < -0.39 is 4.75 Å². The van der Waals surface area contributed by atoms with Gasteiger partial charge in [0, 0.05) is 12.2 Å². The molecule has 0 saturated heterocycles. The molecular weight excluding hydrogens is 360 g/mol. The predicted octanol–water partition coefficient (Wildman–Crippen LogP) is 4.60. The molecule has 0 bridgehead atoms. The molecular formula is C20H22N4O2S. The maximum absolute atomic E-state index is 13.2. The fourth-order valence-electron chi connectivity index (χ4n) is 3.50. The summed E-state index contributed by atoms with van der Waals surface area (Å²) < 4.78 is 6.98. The zero-order chi connectivity index (χ0) is 18.7. The molecule has 1 aromatic carbocycles. The van der Waals surface area contributed by atoms with Crippen molar-refractivity contribution in [3.05, 3.63) is 48.7 Å². The van der Waals surface area contributed by atoms with Gasteiger partial charge in [-0.05, 0) is 44.0 Å². The number of aromatic nitrogens is 3. The molecule has 1 aliphatic carbocycles. The Bertz CT molecular complexity index is 899. The molecule has 0 aliphatic heterocycles. The molecule has 0 atom stereocenters. The average Bonchev–Trinajstić information content (AvgIpc) is 3.44. The summed E-state index contributed by atoms with van der Waals surface area (Å²) in [5.74, 6) is 1.42. The summed E-state index contributed by atoms with van der Waals surface area (Å²) in [6, 6.07) is 13.3. The van der Waals surface area contributed by atoms with Crippen LogP contribution in [0.3, 0.4) is 0 Å². The lowest BCUT2D eigenvalue weighted by Crippen LogP contribution is -2.37. The molecule has 3 aromatic rings. The summed E-state index contributed by atoms with van der Waals surface area (Å²) in [5, 5.41) is 12.5. The van der Waals surface area contributed by atoms with Crippen LogP contribution in [0.2, 0.25) is 0 Å². The van der Waals surface area contributed by atoms with Crippen molar-refractivity contribution in [2.75, 3.05) is 5.32 Å². The number of carbonyl (C=O) groups is 1. The van der Waals surface area contributed by atoms with E-state index in [0.29, 0.717) is 18.1 Å². The number of carbonyl (C=O) groups excluding carboxylic acids is 1. The highest BCUT2D eigenvalue weighted by Gasteiger charge is 2.43. The smallest absolute Gasteiger partial charge is 0.241 e. The summed E-state index contributed by atoms with van der Waals surface area (Å²) in [5.41, 5.74) is 0.822. The van der Waals surface area contributed by atoms with Gasteiger partial charge in [-0.3, -0.25) is 9.36 Å². The molecule has 140 valence electrons. The van der Waals surface area contributed by atoms with Crippen molar-refractivity contribution in [3.63, 3.8) is 0 Å². The molecule has 2 aromatic heterocycles. The minimum absolute atomic E-state index is 0.0430. The Morgan fingerprint density at radius 3 is 2.63 bits per heavy atom. The van der Waals surface area contributed by atoms with Crippen molar-refractivity contribution in [3.8, 4) is 11.6 Å². The Morgan fingerprint density at radius 1 is 1.19 bits per heavy atom. The van der Waals surface area contributed by atoms with Crippen LogP contribution in [-0.2, 0) is 11.3 Å². The minimum Gasteiger partial charge on any atom is -0.461 e. The van der Waals surface area contributed by atoms with Crippen molar-refractivity contribution in [1.29, 1.82) is 0 Å². The summed E-state index contributed by atoms with van der Waals surface area (Å²) in [4.78, 5) is 13.2. The predicted molar refractivity (Wildman–Crippen MR) is 106 cm³/mol. The first-order chi connectivity index (χ1) is 13.2. The average molecular weight is 382 g/mol. The molecule has 4 rings (SSSR count). The third-order valence-corrected chi connectivity index (χ3v) is 6.39. The first kappa shape index (κ1) is 17.9. The van der Waals surface area contributed by atoms with E-state index in [0.717, 1.165) is 36.5 Å². The molecule has 27 heavy (non-hydrogen) atoms. The molecule has 7 heteroatoms. The number of thioether (sulfide) groups is 1. The summed E-state index contributed by atoms with van der Waals surface area (Å²) in [6.07, 6.45) is 5.38. The highest BCUT2D eigenvalue weighted by molar-refractivity contribution is 8.01. The van der Waals surface area contributed by atoms with Crippen molar-refractivity contribution in [1.82, 2.24) is 14.8 Å². The third kappa shape index (κ3) is 3.51. The van der Waals surface area contributed by atoms with E-state index in [9.17, 15) is 4.79 Å². The maximum atomic E-state index is 13.2. The second kappa shape index (κ2) is 7.60. The SMILES string of the molecule is CCn1c(SC2(C(=O)Nc3ccccc3)CCCC2)nnc1-c1ccco1. The Hall–Kier alpha value is -2.54. The Labute approximate surface area is 162 Å². The number of furan rings is 1. The molecule has 0 unspecified atom stereocenters. The number of hydrogen-bond donors (Lipinski definition) is 1. The molecule has 1 N–H and O–H groups in total. The number of amides is 1. The number of benzene rings is 1. The van der Waals surface area contributed by atoms with Crippen molar-refractivity contribution >= 4 is 23.4 Å². The molecule has 1 aliphatic rings. The molecule has 0 spiro atoms. The van der Waals surface area contributed by atoms with E-state index in [1.165, 1.54) is 11.8 Å².